The van der Waals surface area contributed by atoms with Crippen LogP contribution in [0.4, 0.5) is 5.69 Å². The lowest BCUT2D eigenvalue weighted by Gasteiger charge is -2.08. The van der Waals surface area contributed by atoms with Crippen LogP contribution in [0.2, 0.25) is 0 Å². The molecule has 0 fully saturated rings. The van der Waals surface area contributed by atoms with Gasteiger partial charge in [-0.2, -0.15) is 0 Å². The van der Waals surface area contributed by atoms with Gasteiger partial charge in [0.1, 0.15) is 12.9 Å². The number of rotatable bonds is 6. The molecule has 0 spiro atoms. The summed E-state index contributed by atoms with van der Waals surface area (Å²) in [6.45, 7) is 2.57. The van der Waals surface area contributed by atoms with Crippen molar-refractivity contribution in [2.24, 2.45) is 0 Å². The van der Waals surface area contributed by atoms with E-state index in [9.17, 15) is 9.59 Å². The molecule has 0 heterocycles. The molecule has 1 aromatic carbocycles. The van der Waals surface area contributed by atoms with E-state index in [1.807, 2.05) is 6.92 Å². The van der Waals surface area contributed by atoms with Crippen molar-refractivity contribution in [3.05, 3.63) is 29.3 Å². The van der Waals surface area contributed by atoms with E-state index in [1.165, 1.54) is 0 Å². The third-order valence-electron chi connectivity index (χ3n) is 2.21. The topological polar surface area (TPSA) is 81.4 Å². The van der Waals surface area contributed by atoms with E-state index in [1.54, 1.807) is 18.2 Å². The van der Waals surface area contributed by atoms with Crippen molar-refractivity contribution in [1.29, 1.82) is 0 Å². The van der Waals surface area contributed by atoms with Gasteiger partial charge in [-0.3, -0.25) is 4.79 Å². The maximum absolute atomic E-state index is 11.7. The molecule has 0 atom stereocenters. The molecule has 0 aliphatic carbocycles. The Morgan fingerprint density at radius 2 is 2.29 bits per heavy atom. The first-order chi connectivity index (χ1) is 8.15. The lowest BCUT2D eigenvalue weighted by molar-refractivity contribution is -0.111. The van der Waals surface area contributed by atoms with Crippen molar-refractivity contribution < 1.29 is 14.3 Å². The molecule has 0 unspecified atom stereocenters. The third kappa shape index (κ3) is 4.24. The van der Waals surface area contributed by atoms with Crippen LogP contribution in [0.5, 0.6) is 0 Å². The predicted octanol–water partition coefficient (Wildman–Crippen LogP) is 0.523. The smallest absolute Gasteiger partial charge is 0.251 e. The highest BCUT2D eigenvalue weighted by Gasteiger charge is 2.07. The number of nitrogens with one attached hydrogen (secondary N) is 1. The fourth-order valence-corrected chi connectivity index (χ4v) is 1.41. The van der Waals surface area contributed by atoms with Crippen LogP contribution in [0.1, 0.15) is 15.9 Å². The van der Waals surface area contributed by atoms with Gasteiger partial charge in [0.25, 0.3) is 5.91 Å². The molecule has 5 nitrogen and oxygen atoms in total. The SMILES string of the molecule is Cc1cc(N)ccc1C(=O)NCCOCC=O. The van der Waals surface area contributed by atoms with Crippen molar-refractivity contribution in [3.8, 4) is 0 Å². The monoisotopic (exact) mass is 236 g/mol. The van der Waals surface area contributed by atoms with Gasteiger partial charge < -0.3 is 20.6 Å². The number of anilines is 1. The number of benzene rings is 1. The maximum atomic E-state index is 11.7. The van der Waals surface area contributed by atoms with Gasteiger partial charge in [-0.15, -0.1) is 0 Å². The normalized spacial score (nSPS) is 9.94. The summed E-state index contributed by atoms with van der Waals surface area (Å²) in [5, 5.41) is 2.70. The van der Waals surface area contributed by atoms with Gasteiger partial charge in [-0.05, 0) is 30.7 Å². The van der Waals surface area contributed by atoms with Crippen LogP contribution < -0.4 is 11.1 Å². The number of hydrogen-bond donors (Lipinski definition) is 2. The standard InChI is InChI=1S/C12H16N2O3/c1-9-8-10(13)2-3-11(9)12(16)14-4-6-17-7-5-15/h2-3,5,8H,4,6-7,13H2,1H3,(H,14,16). The summed E-state index contributed by atoms with van der Waals surface area (Å²) >= 11 is 0. The average molecular weight is 236 g/mol. The molecule has 0 bridgehead atoms. The highest BCUT2D eigenvalue weighted by atomic mass is 16.5. The number of amides is 1. The summed E-state index contributed by atoms with van der Waals surface area (Å²) < 4.78 is 4.92. The van der Waals surface area contributed by atoms with Gasteiger partial charge in [0, 0.05) is 17.8 Å². The van der Waals surface area contributed by atoms with Crippen LogP contribution in [0.25, 0.3) is 0 Å². The second kappa shape index (κ2) is 6.65. The summed E-state index contributed by atoms with van der Waals surface area (Å²) in [6, 6.07) is 5.12. The van der Waals surface area contributed by atoms with Crippen molar-refractivity contribution in [1.82, 2.24) is 5.32 Å². The minimum Gasteiger partial charge on any atom is -0.399 e. The fraction of sp³-hybridized carbons (Fsp3) is 0.333. The van der Waals surface area contributed by atoms with E-state index in [0.717, 1.165) is 5.56 Å². The molecule has 0 aromatic heterocycles. The zero-order chi connectivity index (χ0) is 12.7. The Hall–Kier alpha value is -1.88. The maximum Gasteiger partial charge on any atom is 0.251 e. The van der Waals surface area contributed by atoms with E-state index >= 15 is 0 Å². The van der Waals surface area contributed by atoms with Crippen LogP contribution >= 0.6 is 0 Å². The quantitative estimate of drug-likeness (QED) is 0.428. The number of ether oxygens (including phenoxy) is 1. The average Bonchev–Trinajstić information content (AvgIpc) is 2.28. The molecule has 0 aliphatic rings. The van der Waals surface area contributed by atoms with Crippen LogP contribution in [-0.4, -0.2) is 32.0 Å². The van der Waals surface area contributed by atoms with Gasteiger partial charge in [-0.1, -0.05) is 0 Å². The number of nitrogen functional groups attached to an aromatic ring is 1. The minimum absolute atomic E-state index is 0.0523. The Labute approximate surface area is 99.9 Å². The zero-order valence-corrected chi connectivity index (χ0v) is 9.73. The van der Waals surface area contributed by atoms with Crippen LogP contribution in [-0.2, 0) is 9.53 Å². The number of carbonyl (C=O) groups is 2. The largest absolute Gasteiger partial charge is 0.399 e. The first kappa shape index (κ1) is 13.2. The molecule has 0 radical (unpaired) electrons. The fourth-order valence-electron chi connectivity index (χ4n) is 1.41. The molecule has 1 aromatic rings. The van der Waals surface area contributed by atoms with Gasteiger partial charge in [0.05, 0.1) is 6.61 Å². The summed E-state index contributed by atoms with van der Waals surface area (Å²) in [7, 11) is 0. The Kier molecular flexibility index (Phi) is 5.16. The van der Waals surface area contributed by atoms with Crippen molar-refractivity contribution in [2.75, 3.05) is 25.5 Å². The molecule has 5 heteroatoms. The number of hydrogen-bond acceptors (Lipinski definition) is 4. The summed E-state index contributed by atoms with van der Waals surface area (Å²) in [5.74, 6) is -0.169. The Morgan fingerprint density at radius 3 is 2.94 bits per heavy atom. The second-order valence-electron chi connectivity index (χ2n) is 3.57. The number of aldehydes is 1. The van der Waals surface area contributed by atoms with Crippen LogP contribution in [0, 0.1) is 6.92 Å². The van der Waals surface area contributed by atoms with Gasteiger partial charge >= 0.3 is 0 Å². The van der Waals surface area contributed by atoms with Gasteiger partial charge in [-0.25, -0.2) is 0 Å². The predicted molar refractivity (Wildman–Crippen MR) is 64.8 cm³/mol. The Morgan fingerprint density at radius 1 is 1.53 bits per heavy atom. The van der Waals surface area contributed by atoms with E-state index in [0.29, 0.717) is 30.7 Å². The third-order valence-corrected chi connectivity index (χ3v) is 2.21. The number of carbonyl (C=O) groups excluding carboxylic acids is 2. The summed E-state index contributed by atoms with van der Waals surface area (Å²) in [5.41, 5.74) is 7.65. The summed E-state index contributed by atoms with van der Waals surface area (Å²) in [4.78, 5) is 21.7. The molecule has 0 saturated carbocycles. The molecule has 17 heavy (non-hydrogen) atoms. The van der Waals surface area contributed by atoms with Crippen LogP contribution in [0.15, 0.2) is 18.2 Å². The Balaban J connectivity index is 2.44. The molecule has 3 N–H and O–H groups in total. The lowest BCUT2D eigenvalue weighted by Crippen LogP contribution is -2.28. The highest BCUT2D eigenvalue weighted by Crippen LogP contribution is 2.11. The van der Waals surface area contributed by atoms with E-state index in [-0.39, 0.29) is 12.5 Å². The molecule has 0 saturated heterocycles. The molecular formula is C12H16N2O3. The van der Waals surface area contributed by atoms with Gasteiger partial charge in [0.2, 0.25) is 0 Å². The van der Waals surface area contributed by atoms with Crippen molar-refractivity contribution in [2.45, 2.75) is 6.92 Å². The first-order valence-corrected chi connectivity index (χ1v) is 5.31. The second-order valence-corrected chi connectivity index (χ2v) is 3.57. The van der Waals surface area contributed by atoms with Gasteiger partial charge in [0.15, 0.2) is 0 Å². The number of nitrogens with two attached hydrogens (primary N) is 1. The van der Waals surface area contributed by atoms with Crippen molar-refractivity contribution in [3.63, 3.8) is 0 Å². The van der Waals surface area contributed by atoms with Crippen molar-refractivity contribution >= 4 is 17.9 Å². The molecule has 92 valence electrons. The number of aryl methyl sites for hydroxylation is 1. The zero-order valence-electron chi connectivity index (χ0n) is 9.73. The molecule has 1 rings (SSSR count). The molecular weight excluding hydrogens is 220 g/mol. The van der Waals surface area contributed by atoms with E-state index < -0.39 is 0 Å². The van der Waals surface area contributed by atoms with E-state index in [2.05, 4.69) is 5.32 Å². The first-order valence-electron chi connectivity index (χ1n) is 5.31. The minimum atomic E-state index is -0.169. The summed E-state index contributed by atoms with van der Waals surface area (Å²) in [6.07, 6.45) is 0.673. The highest BCUT2D eigenvalue weighted by molar-refractivity contribution is 5.95. The molecule has 0 aliphatic heterocycles. The van der Waals surface area contributed by atoms with Crippen LogP contribution in [0.3, 0.4) is 0 Å². The lowest BCUT2D eigenvalue weighted by atomic mass is 10.1. The molecule has 1 amide bonds. The Bertz CT molecular complexity index is 405. The van der Waals surface area contributed by atoms with E-state index in [4.69, 9.17) is 10.5 Å².